The van der Waals surface area contributed by atoms with E-state index in [1.807, 2.05) is 31.3 Å². The minimum atomic E-state index is -3.45. The quantitative estimate of drug-likeness (QED) is 0.252. The average Bonchev–Trinajstić information content (AvgIpc) is 3.09. The van der Waals surface area contributed by atoms with Gasteiger partial charge in [0, 0.05) is 22.7 Å². The number of nitrogens with one attached hydrogen (secondary N) is 1. The molecule has 1 spiro atoms. The SMILES string of the molecule is CC[NH2+]CCS(=O)(=O)Nc1cccc(-c2cc(C)c(C3=C(N)C4(CCCCC4)OC3=O)cc2Cl)c1.O=C[O-]. The second kappa shape index (κ2) is 12.6. The zero-order valence-corrected chi connectivity index (χ0v) is 23.2. The normalized spacial score (nSPS) is 16.6. The zero-order valence-electron chi connectivity index (χ0n) is 21.6. The Kier molecular flexibility index (Phi) is 9.81. The van der Waals surface area contributed by atoms with Crippen molar-refractivity contribution < 1.29 is 33.2 Å². The number of carbonyl (C=O) groups excluding carboxylic acids is 2. The Morgan fingerprint density at radius 1 is 1.18 bits per heavy atom. The van der Waals surface area contributed by atoms with Crippen LogP contribution in [0.2, 0.25) is 5.02 Å². The summed E-state index contributed by atoms with van der Waals surface area (Å²) in [5.41, 5.74) is 10.2. The van der Waals surface area contributed by atoms with Crippen LogP contribution in [0.5, 0.6) is 0 Å². The van der Waals surface area contributed by atoms with Crippen molar-refractivity contribution in [1.82, 2.24) is 0 Å². The molecule has 1 heterocycles. The molecule has 0 radical (unpaired) electrons. The molecule has 0 bridgehead atoms. The lowest BCUT2D eigenvalue weighted by Gasteiger charge is -2.32. The standard InChI is InChI=1S/C26H32ClN3O4S.CH2O2/c1-3-29-12-13-35(32,33)30-19-9-7-8-18(15-19)21-14-17(2)20(16-22(21)27)23-24(28)26(34-25(23)31)10-5-4-6-11-26;2-1-3/h7-9,14-16,29-30H,3-6,10-13,28H2,1-2H3;1H,(H,2,3). The summed E-state index contributed by atoms with van der Waals surface area (Å²) in [6, 6.07) is 10.8. The van der Waals surface area contributed by atoms with E-state index in [9.17, 15) is 13.2 Å². The molecule has 4 rings (SSSR count). The molecule has 0 unspecified atom stereocenters. The van der Waals surface area contributed by atoms with Gasteiger partial charge in [0.25, 0.3) is 0 Å². The second-order valence-corrected chi connectivity index (χ2v) is 11.7. The molecule has 38 heavy (non-hydrogen) atoms. The number of hydrogen-bond donors (Lipinski definition) is 3. The number of carbonyl (C=O) groups is 2. The minimum Gasteiger partial charge on any atom is -0.554 e. The molecule has 0 aromatic heterocycles. The summed E-state index contributed by atoms with van der Waals surface area (Å²) >= 11 is 6.70. The van der Waals surface area contributed by atoms with Gasteiger partial charge in [0.05, 0.1) is 24.4 Å². The topological polar surface area (TPSA) is 155 Å². The number of benzene rings is 2. The van der Waals surface area contributed by atoms with Gasteiger partial charge in [-0.05, 0) is 80.5 Å². The predicted molar refractivity (Wildman–Crippen MR) is 145 cm³/mol. The molecule has 1 fully saturated rings. The smallest absolute Gasteiger partial charge is 0.341 e. The summed E-state index contributed by atoms with van der Waals surface area (Å²) in [5.74, 6) is -0.360. The maximum absolute atomic E-state index is 12.9. The molecule has 2 aliphatic rings. The highest BCUT2D eigenvalue weighted by molar-refractivity contribution is 7.92. The third-order valence-corrected chi connectivity index (χ3v) is 8.46. The van der Waals surface area contributed by atoms with Crippen molar-refractivity contribution in [3.63, 3.8) is 0 Å². The van der Waals surface area contributed by atoms with Gasteiger partial charge < -0.3 is 25.7 Å². The van der Waals surface area contributed by atoms with E-state index in [0.29, 0.717) is 34.1 Å². The lowest BCUT2D eigenvalue weighted by atomic mass is 9.81. The number of hydrogen-bond acceptors (Lipinski definition) is 7. The van der Waals surface area contributed by atoms with Crippen molar-refractivity contribution in [1.29, 1.82) is 0 Å². The maximum Gasteiger partial charge on any atom is 0.341 e. The summed E-state index contributed by atoms with van der Waals surface area (Å²) in [7, 11) is -3.45. The highest BCUT2D eigenvalue weighted by Crippen LogP contribution is 2.45. The average molecular weight is 564 g/mol. The van der Waals surface area contributed by atoms with Gasteiger partial charge in [0.15, 0.2) is 5.60 Å². The third kappa shape index (κ3) is 6.67. The number of esters is 1. The van der Waals surface area contributed by atoms with Crippen molar-refractivity contribution in [3.05, 3.63) is 58.2 Å². The highest BCUT2D eigenvalue weighted by atomic mass is 35.5. The summed E-state index contributed by atoms with van der Waals surface area (Å²) in [6.07, 6.45) is 4.58. The van der Waals surface area contributed by atoms with Crippen molar-refractivity contribution in [2.75, 3.05) is 23.6 Å². The number of ether oxygens (including phenoxy) is 1. The van der Waals surface area contributed by atoms with E-state index in [-0.39, 0.29) is 5.75 Å². The number of carboxylic acid groups (broad SMARTS) is 1. The van der Waals surface area contributed by atoms with Crippen molar-refractivity contribution in [2.24, 2.45) is 5.73 Å². The Labute approximate surface area is 228 Å². The van der Waals surface area contributed by atoms with Crippen LogP contribution < -0.4 is 20.9 Å². The van der Waals surface area contributed by atoms with Crippen LogP contribution in [0.3, 0.4) is 0 Å². The zero-order chi connectivity index (χ0) is 27.9. The molecule has 1 saturated carbocycles. The molecule has 0 atom stereocenters. The van der Waals surface area contributed by atoms with Crippen LogP contribution in [-0.4, -0.2) is 45.3 Å². The van der Waals surface area contributed by atoms with Crippen molar-refractivity contribution in [2.45, 2.75) is 51.6 Å². The van der Waals surface area contributed by atoms with E-state index >= 15 is 0 Å². The van der Waals surface area contributed by atoms with Gasteiger partial charge in [0.2, 0.25) is 10.0 Å². The van der Waals surface area contributed by atoms with Gasteiger partial charge in [-0.1, -0.05) is 30.2 Å². The van der Waals surface area contributed by atoms with Gasteiger partial charge in [0.1, 0.15) is 5.75 Å². The largest absolute Gasteiger partial charge is 0.554 e. The van der Waals surface area contributed by atoms with Crippen LogP contribution in [0.15, 0.2) is 42.1 Å². The number of rotatable bonds is 8. The molecule has 1 aliphatic carbocycles. The number of halogens is 1. The molecule has 2 aromatic rings. The Morgan fingerprint density at radius 3 is 2.53 bits per heavy atom. The number of sulfonamides is 1. The molecule has 9 nitrogen and oxygen atoms in total. The van der Waals surface area contributed by atoms with Gasteiger partial charge in [-0.25, -0.2) is 13.2 Å². The van der Waals surface area contributed by atoms with E-state index in [1.54, 1.807) is 24.3 Å². The monoisotopic (exact) mass is 563 g/mol. The van der Waals surface area contributed by atoms with Gasteiger partial charge >= 0.3 is 5.97 Å². The third-order valence-electron chi connectivity index (χ3n) is 6.82. The molecule has 11 heteroatoms. The van der Waals surface area contributed by atoms with E-state index < -0.39 is 28.1 Å². The predicted octanol–water partition coefficient (Wildman–Crippen LogP) is 1.94. The highest BCUT2D eigenvalue weighted by Gasteiger charge is 2.47. The number of nitrogens with two attached hydrogens (primary N) is 2. The van der Waals surface area contributed by atoms with Gasteiger partial charge in [-0.3, -0.25) is 4.72 Å². The Bertz CT molecular complexity index is 1320. The molecule has 0 saturated heterocycles. The summed E-state index contributed by atoms with van der Waals surface area (Å²) in [4.78, 5) is 21.1. The van der Waals surface area contributed by atoms with Crippen molar-refractivity contribution in [3.8, 4) is 11.1 Å². The molecule has 206 valence electrons. The first kappa shape index (κ1) is 29.5. The Balaban J connectivity index is 0.00000127. The van der Waals surface area contributed by atoms with E-state index in [0.717, 1.165) is 55.3 Å². The fourth-order valence-electron chi connectivity index (χ4n) is 4.97. The van der Waals surface area contributed by atoms with Crippen LogP contribution in [0.4, 0.5) is 5.69 Å². The summed E-state index contributed by atoms with van der Waals surface area (Å²) in [6.45, 7) is 4.72. The van der Waals surface area contributed by atoms with Crippen LogP contribution in [0.1, 0.15) is 50.2 Å². The molecular weight excluding hydrogens is 530 g/mol. The Morgan fingerprint density at radius 2 is 1.87 bits per heavy atom. The minimum absolute atomic E-state index is 0.0355. The summed E-state index contributed by atoms with van der Waals surface area (Å²) < 4.78 is 33.3. The molecular formula is C27H34ClN3O6S. The number of anilines is 1. The van der Waals surface area contributed by atoms with Gasteiger partial charge in [-0.15, -0.1) is 0 Å². The maximum atomic E-state index is 12.9. The van der Waals surface area contributed by atoms with Crippen LogP contribution in [0.25, 0.3) is 16.7 Å². The van der Waals surface area contributed by atoms with Crippen LogP contribution in [-0.2, 0) is 24.3 Å². The molecule has 2 aromatic carbocycles. The fourth-order valence-corrected chi connectivity index (χ4v) is 6.30. The first-order valence-electron chi connectivity index (χ1n) is 12.6. The molecule has 1 aliphatic heterocycles. The van der Waals surface area contributed by atoms with Gasteiger partial charge in [-0.2, -0.15) is 0 Å². The van der Waals surface area contributed by atoms with Crippen LogP contribution >= 0.6 is 11.6 Å². The lowest BCUT2D eigenvalue weighted by Crippen LogP contribution is -2.84. The number of quaternary nitrogens is 1. The Hall–Kier alpha value is -3.08. The van der Waals surface area contributed by atoms with E-state index in [2.05, 4.69) is 4.72 Å². The van der Waals surface area contributed by atoms with E-state index in [1.165, 1.54) is 0 Å². The molecule has 5 N–H and O–H groups in total. The molecule has 0 amide bonds. The summed E-state index contributed by atoms with van der Waals surface area (Å²) in [5, 5.41) is 10.6. The van der Waals surface area contributed by atoms with Crippen LogP contribution in [0, 0.1) is 6.92 Å². The first-order chi connectivity index (χ1) is 18.1. The van der Waals surface area contributed by atoms with E-state index in [4.69, 9.17) is 32.0 Å². The lowest BCUT2D eigenvalue weighted by molar-refractivity contribution is -0.647. The number of aryl methyl sites for hydroxylation is 1. The second-order valence-electron chi connectivity index (χ2n) is 9.46. The van der Waals surface area contributed by atoms with Crippen molar-refractivity contribution >= 4 is 45.3 Å². The first-order valence-corrected chi connectivity index (χ1v) is 14.6. The fraction of sp³-hybridized carbons (Fsp3) is 0.407.